The van der Waals surface area contributed by atoms with Gasteiger partial charge in [0.1, 0.15) is 12.1 Å². The van der Waals surface area contributed by atoms with Crippen LogP contribution in [0.25, 0.3) is 0 Å². The number of amides is 1. The first-order chi connectivity index (χ1) is 15.3. The van der Waals surface area contributed by atoms with Gasteiger partial charge in [0.15, 0.2) is 11.6 Å². The minimum Gasteiger partial charge on any atom is -0.353 e. The molecule has 1 unspecified atom stereocenters. The molecule has 3 heterocycles. The van der Waals surface area contributed by atoms with E-state index < -0.39 is 17.6 Å². The number of fused-ring (bicyclic) bond motifs is 1. The Bertz CT molecular complexity index is 981. The Morgan fingerprint density at radius 2 is 1.94 bits per heavy atom. The first-order valence-corrected chi connectivity index (χ1v) is 12.1. The highest BCUT2D eigenvalue weighted by Gasteiger charge is 2.32. The maximum Gasteiger partial charge on any atom is 0.231 e. The first-order valence-electron chi connectivity index (χ1n) is 11.0. The Balaban J connectivity index is 1.48. The van der Waals surface area contributed by atoms with E-state index >= 15 is 0 Å². The van der Waals surface area contributed by atoms with Crippen LogP contribution in [0, 0.1) is 11.6 Å². The molecule has 2 aliphatic heterocycles. The van der Waals surface area contributed by atoms with Crippen molar-refractivity contribution in [3.05, 3.63) is 53.0 Å². The number of piperazine rings is 1. The van der Waals surface area contributed by atoms with Gasteiger partial charge < -0.3 is 15.1 Å². The Hall–Kier alpha value is -2.26. The number of rotatable bonds is 6. The van der Waals surface area contributed by atoms with Crippen LogP contribution in [0.3, 0.4) is 0 Å². The average molecular weight is 462 g/mol. The number of hydrogen-bond acceptors (Lipinski definition) is 6. The minimum atomic E-state index is -0.931. The number of thioether (sulfide) groups is 1. The summed E-state index contributed by atoms with van der Waals surface area (Å²) in [6, 6.07) is 3.90. The van der Waals surface area contributed by atoms with Gasteiger partial charge in [0.2, 0.25) is 5.91 Å². The standard InChI is InChI=1S/C23H29F2N5OS/c1-14(2)26-11-17(16-4-5-18(24)19(25)10-16)23(31)30-8-6-29(7-9-30)22-21-15(3)32-12-20(21)27-13-28-22/h4-5,10,13-15,17,26H,6-9,11-12H2,1-3H3/t15-,17?/m0/s1. The molecule has 0 saturated carbocycles. The molecule has 0 aliphatic carbocycles. The zero-order valence-corrected chi connectivity index (χ0v) is 19.5. The lowest BCUT2D eigenvalue weighted by Gasteiger charge is -2.38. The fourth-order valence-electron chi connectivity index (χ4n) is 4.28. The highest BCUT2D eigenvalue weighted by atomic mass is 32.2. The second-order valence-corrected chi connectivity index (χ2v) is 9.94. The number of hydrogen-bond donors (Lipinski definition) is 1. The van der Waals surface area contributed by atoms with E-state index in [-0.39, 0.29) is 11.9 Å². The van der Waals surface area contributed by atoms with Gasteiger partial charge in [0, 0.05) is 55.3 Å². The van der Waals surface area contributed by atoms with Crippen molar-refractivity contribution in [2.75, 3.05) is 37.6 Å². The Labute approximate surface area is 191 Å². The largest absolute Gasteiger partial charge is 0.353 e. The maximum absolute atomic E-state index is 13.9. The van der Waals surface area contributed by atoms with Gasteiger partial charge in [-0.05, 0) is 24.6 Å². The van der Waals surface area contributed by atoms with Crippen molar-refractivity contribution in [2.24, 2.45) is 0 Å². The van der Waals surface area contributed by atoms with Crippen LogP contribution in [0.15, 0.2) is 24.5 Å². The fraction of sp³-hybridized carbons (Fsp3) is 0.522. The molecule has 1 fully saturated rings. The third-order valence-corrected chi connectivity index (χ3v) is 7.26. The average Bonchev–Trinajstić information content (AvgIpc) is 3.17. The molecule has 1 aromatic heterocycles. The predicted octanol–water partition coefficient (Wildman–Crippen LogP) is 3.49. The monoisotopic (exact) mass is 461 g/mol. The van der Waals surface area contributed by atoms with Gasteiger partial charge in [-0.25, -0.2) is 18.7 Å². The van der Waals surface area contributed by atoms with Crippen molar-refractivity contribution in [1.82, 2.24) is 20.2 Å². The number of benzene rings is 1. The summed E-state index contributed by atoms with van der Waals surface area (Å²) in [7, 11) is 0. The Morgan fingerprint density at radius 1 is 1.19 bits per heavy atom. The smallest absolute Gasteiger partial charge is 0.231 e. The molecule has 1 aromatic carbocycles. The van der Waals surface area contributed by atoms with Gasteiger partial charge in [-0.15, -0.1) is 11.8 Å². The van der Waals surface area contributed by atoms with Crippen LogP contribution in [0.4, 0.5) is 14.6 Å². The van der Waals surface area contributed by atoms with Crippen molar-refractivity contribution in [3.8, 4) is 0 Å². The van der Waals surface area contributed by atoms with Crippen LogP contribution >= 0.6 is 11.8 Å². The summed E-state index contributed by atoms with van der Waals surface area (Å²) in [5.74, 6) is -0.601. The maximum atomic E-state index is 13.9. The summed E-state index contributed by atoms with van der Waals surface area (Å²) < 4.78 is 27.3. The van der Waals surface area contributed by atoms with Crippen LogP contribution < -0.4 is 10.2 Å². The third-order valence-electron chi connectivity index (χ3n) is 6.09. The molecule has 0 spiro atoms. The van der Waals surface area contributed by atoms with E-state index in [0.29, 0.717) is 43.5 Å². The number of aromatic nitrogens is 2. The van der Waals surface area contributed by atoms with Crippen LogP contribution in [-0.2, 0) is 10.5 Å². The Kier molecular flexibility index (Phi) is 6.95. The second kappa shape index (κ2) is 9.70. The van der Waals surface area contributed by atoms with Gasteiger partial charge in [0.25, 0.3) is 0 Å². The molecule has 1 N–H and O–H groups in total. The predicted molar refractivity (Wildman–Crippen MR) is 123 cm³/mol. The van der Waals surface area contributed by atoms with Crippen LogP contribution in [0.2, 0.25) is 0 Å². The number of carbonyl (C=O) groups is 1. The molecule has 0 radical (unpaired) electrons. The van der Waals surface area contributed by atoms with Crippen molar-refractivity contribution in [1.29, 1.82) is 0 Å². The molecule has 2 aromatic rings. The summed E-state index contributed by atoms with van der Waals surface area (Å²) in [6.07, 6.45) is 1.63. The van der Waals surface area contributed by atoms with E-state index in [9.17, 15) is 13.6 Å². The van der Waals surface area contributed by atoms with Crippen molar-refractivity contribution in [2.45, 2.75) is 43.7 Å². The Morgan fingerprint density at radius 3 is 2.62 bits per heavy atom. The van der Waals surface area contributed by atoms with E-state index in [2.05, 4.69) is 27.1 Å². The van der Waals surface area contributed by atoms with E-state index in [0.717, 1.165) is 29.4 Å². The van der Waals surface area contributed by atoms with E-state index in [1.807, 2.05) is 30.5 Å². The second-order valence-electron chi connectivity index (χ2n) is 8.61. The number of anilines is 1. The molecule has 32 heavy (non-hydrogen) atoms. The molecule has 2 atom stereocenters. The quantitative estimate of drug-likeness (QED) is 0.711. The van der Waals surface area contributed by atoms with Gasteiger partial charge in [-0.3, -0.25) is 4.79 Å². The first kappa shape index (κ1) is 22.9. The molecule has 0 bridgehead atoms. The SMILES string of the molecule is CC(C)NCC(C(=O)N1CCN(c2ncnc3c2[C@H](C)SC3)CC1)c1ccc(F)c(F)c1. The fourth-order valence-corrected chi connectivity index (χ4v) is 5.33. The van der Waals surface area contributed by atoms with Crippen LogP contribution in [0.1, 0.15) is 48.8 Å². The topological polar surface area (TPSA) is 61.4 Å². The van der Waals surface area contributed by atoms with Gasteiger partial charge in [-0.2, -0.15) is 0 Å². The van der Waals surface area contributed by atoms with Crippen molar-refractivity contribution >= 4 is 23.5 Å². The van der Waals surface area contributed by atoms with E-state index in [4.69, 9.17) is 0 Å². The number of carbonyl (C=O) groups excluding carboxylic acids is 1. The lowest BCUT2D eigenvalue weighted by molar-refractivity contribution is -0.133. The van der Waals surface area contributed by atoms with Crippen molar-refractivity contribution in [3.63, 3.8) is 0 Å². The zero-order valence-electron chi connectivity index (χ0n) is 18.6. The summed E-state index contributed by atoms with van der Waals surface area (Å²) in [6.45, 7) is 8.99. The van der Waals surface area contributed by atoms with E-state index in [1.165, 1.54) is 11.6 Å². The molecular weight excluding hydrogens is 432 g/mol. The third kappa shape index (κ3) is 4.73. The molecule has 172 valence electrons. The molecule has 6 nitrogen and oxygen atoms in total. The van der Waals surface area contributed by atoms with Gasteiger partial charge >= 0.3 is 0 Å². The highest BCUT2D eigenvalue weighted by molar-refractivity contribution is 7.99. The number of nitrogens with one attached hydrogen (secondary N) is 1. The summed E-state index contributed by atoms with van der Waals surface area (Å²) in [4.78, 5) is 26.4. The number of halogens is 2. The molecule has 1 amide bonds. The van der Waals surface area contributed by atoms with Gasteiger partial charge in [-0.1, -0.05) is 19.9 Å². The molecular formula is C23H29F2N5OS. The summed E-state index contributed by atoms with van der Waals surface area (Å²) >= 11 is 1.86. The normalized spacial score (nSPS) is 19.4. The van der Waals surface area contributed by atoms with Crippen molar-refractivity contribution < 1.29 is 13.6 Å². The summed E-state index contributed by atoms with van der Waals surface area (Å²) in [5.41, 5.74) is 2.80. The number of nitrogens with zero attached hydrogens (tertiary/aromatic N) is 4. The lowest BCUT2D eigenvalue weighted by Crippen LogP contribution is -2.51. The molecule has 4 rings (SSSR count). The molecule has 2 aliphatic rings. The molecule has 1 saturated heterocycles. The van der Waals surface area contributed by atoms with Crippen LogP contribution in [0.5, 0.6) is 0 Å². The summed E-state index contributed by atoms with van der Waals surface area (Å²) in [5, 5.41) is 3.63. The zero-order chi connectivity index (χ0) is 22.8. The lowest BCUT2D eigenvalue weighted by atomic mass is 9.96. The van der Waals surface area contributed by atoms with E-state index in [1.54, 1.807) is 6.33 Å². The minimum absolute atomic E-state index is 0.0688. The van der Waals surface area contributed by atoms with Crippen LogP contribution in [-0.4, -0.2) is 59.5 Å². The van der Waals surface area contributed by atoms with Gasteiger partial charge in [0.05, 0.1) is 11.6 Å². The molecule has 9 heteroatoms. The highest BCUT2D eigenvalue weighted by Crippen LogP contribution is 2.44.